The second-order valence-corrected chi connectivity index (χ2v) is 9.09. The number of aryl methyl sites for hydroxylation is 1. The number of benzene rings is 2. The minimum Gasteiger partial charge on any atom is -0.388 e. The summed E-state index contributed by atoms with van der Waals surface area (Å²) in [7, 11) is 0. The van der Waals surface area contributed by atoms with Crippen molar-refractivity contribution < 1.29 is 9.90 Å². The van der Waals surface area contributed by atoms with Gasteiger partial charge in [0.2, 0.25) is 5.91 Å². The Morgan fingerprint density at radius 1 is 1.12 bits per heavy atom. The number of aromatic nitrogens is 2. The SMILES string of the molecule is Cc1nn(Cc2ccccc2Cl)c(C)c1/C=C/C(=O)N1CCC([C@@H](O)c2ccccc2)CC1. The summed E-state index contributed by atoms with van der Waals surface area (Å²) in [5, 5.41) is 16.0. The van der Waals surface area contributed by atoms with Crippen LogP contribution in [0.3, 0.4) is 0 Å². The molecule has 3 aromatic rings. The van der Waals surface area contributed by atoms with E-state index < -0.39 is 6.10 Å². The Morgan fingerprint density at radius 2 is 1.79 bits per heavy atom. The van der Waals surface area contributed by atoms with Crippen LogP contribution in [0, 0.1) is 19.8 Å². The van der Waals surface area contributed by atoms with Crippen LogP contribution in [0.5, 0.6) is 0 Å². The highest BCUT2D eigenvalue weighted by Gasteiger charge is 2.27. The molecule has 4 rings (SSSR count). The van der Waals surface area contributed by atoms with Crippen LogP contribution in [0.4, 0.5) is 0 Å². The first kappa shape index (κ1) is 23.3. The lowest BCUT2D eigenvalue weighted by atomic mass is 9.87. The summed E-state index contributed by atoms with van der Waals surface area (Å²) in [5.41, 5.74) is 4.80. The fraction of sp³-hybridized carbons (Fsp3) is 0.333. The Morgan fingerprint density at radius 3 is 2.48 bits per heavy atom. The molecule has 1 amide bonds. The first-order valence-electron chi connectivity index (χ1n) is 11.4. The molecule has 6 heteroatoms. The minimum atomic E-state index is -0.478. The maximum Gasteiger partial charge on any atom is 0.246 e. The van der Waals surface area contributed by atoms with Gasteiger partial charge in [-0.2, -0.15) is 5.10 Å². The molecule has 1 saturated heterocycles. The fourth-order valence-corrected chi connectivity index (χ4v) is 4.71. The lowest BCUT2D eigenvalue weighted by molar-refractivity contribution is -0.127. The number of halogens is 1. The topological polar surface area (TPSA) is 58.4 Å². The van der Waals surface area contributed by atoms with Crippen LogP contribution < -0.4 is 0 Å². The van der Waals surface area contributed by atoms with Crippen molar-refractivity contribution in [3.8, 4) is 0 Å². The summed E-state index contributed by atoms with van der Waals surface area (Å²) in [4.78, 5) is 14.7. The summed E-state index contributed by atoms with van der Waals surface area (Å²) in [6.45, 7) is 5.86. The molecule has 1 fully saturated rings. The van der Waals surface area contributed by atoms with Crippen molar-refractivity contribution in [2.75, 3.05) is 13.1 Å². The van der Waals surface area contributed by atoms with Gasteiger partial charge in [-0.25, -0.2) is 0 Å². The first-order valence-corrected chi connectivity index (χ1v) is 11.8. The lowest BCUT2D eigenvalue weighted by Gasteiger charge is -2.33. The molecule has 0 unspecified atom stereocenters. The third kappa shape index (κ3) is 5.37. The fourth-order valence-electron chi connectivity index (χ4n) is 4.51. The number of carbonyl (C=O) groups is 1. The highest BCUT2D eigenvalue weighted by Crippen LogP contribution is 2.30. The van der Waals surface area contributed by atoms with Crippen molar-refractivity contribution in [3.05, 3.63) is 93.8 Å². The van der Waals surface area contributed by atoms with E-state index in [1.807, 2.05) is 84.1 Å². The van der Waals surface area contributed by atoms with Crippen LogP contribution in [-0.2, 0) is 11.3 Å². The Hall–Kier alpha value is -2.89. The van der Waals surface area contributed by atoms with E-state index in [1.165, 1.54) is 0 Å². The third-order valence-electron chi connectivity index (χ3n) is 6.55. The number of hydrogen-bond donors (Lipinski definition) is 1. The van der Waals surface area contributed by atoms with Gasteiger partial charge < -0.3 is 10.0 Å². The summed E-state index contributed by atoms with van der Waals surface area (Å²) in [6, 6.07) is 17.5. The van der Waals surface area contributed by atoms with Crippen molar-refractivity contribution in [3.63, 3.8) is 0 Å². The smallest absolute Gasteiger partial charge is 0.246 e. The average molecular weight is 464 g/mol. The molecule has 1 aliphatic rings. The van der Waals surface area contributed by atoms with Crippen LogP contribution in [-0.4, -0.2) is 38.8 Å². The molecular weight excluding hydrogens is 434 g/mol. The van der Waals surface area contributed by atoms with Gasteiger partial charge in [0.15, 0.2) is 0 Å². The zero-order valence-electron chi connectivity index (χ0n) is 19.1. The van der Waals surface area contributed by atoms with Crippen molar-refractivity contribution in [1.29, 1.82) is 0 Å². The quantitative estimate of drug-likeness (QED) is 0.512. The molecule has 172 valence electrons. The zero-order valence-corrected chi connectivity index (χ0v) is 19.9. The van der Waals surface area contributed by atoms with Crippen molar-refractivity contribution in [2.24, 2.45) is 5.92 Å². The van der Waals surface area contributed by atoms with Crippen LogP contribution in [0.15, 0.2) is 60.7 Å². The van der Waals surface area contributed by atoms with Gasteiger partial charge in [-0.3, -0.25) is 9.48 Å². The second-order valence-electron chi connectivity index (χ2n) is 8.69. The number of aliphatic hydroxyl groups is 1. The molecule has 1 aromatic heterocycles. The number of rotatable bonds is 6. The van der Waals surface area contributed by atoms with E-state index in [2.05, 4.69) is 5.10 Å². The van der Waals surface area contributed by atoms with Crippen molar-refractivity contribution in [2.45, 2.75) is 39.3 Å². The van der Waals surface area contributed by atoms with E-state index in [9.17, 15) is 9.90 Å². The molecule has 0 aliphatic carbocycles. The minimum absolute atomic E-state index is 0.000282. The first-order chi connectivity index (χ1) is 15.9. The summed E-state index contributed by atoms with van der Waals surface area (Å²) in [6.07, 6.45) is 4.62. The molecule has 0 radical (unpaired) electrons. The van der Waals surface area contributed by atoms with E-state index in [4.69, 9.17) is 11.6 Å². The van der Waals surface area contributed by atoms with E-state index in [-0.39, 0.29) is 11.8 Å². The standard InChI is InChI=1S/C27H30ClN3O2/c1-19-24(20(2)31(29-19)18-23-10-6-7-11-25(23)28)12-13-26(32)30-16-14-22(15-17-30)27(33)21-8-4-3-5-9-21/h3-13,22,27,33H,14-18H2,1-2H3/b13-12+/t27-/m0/s1. The van der Waals surface area contributed by atoms with Crippen LogP contribution >= 0.6 is 11.6 Å². The summed E-state index contributed by atoms with van der Waals surface area (Å²) >= 11 is 6.31. The van der Waals surface area contributed by atoms with Gasteiger partial charge in [0.1, 0.15) is 0 Å². The number of carbonyl (C=O) groups excluding carboxylic acids is 1. The molecule has 2 aromatic carbocycles. The molecule has 0 saturated carbocycles. The zero-order chi connectivity index (χ0) is 23.4. The lowest BCUT2D eigenvalue weighted by Crippen LogP contribution is -2.38. The third-order valence-corrected chi connectivity index (χ3v) is 6.92. The monoisotopic (exact) mass is 463 g/mol. The number of nitrogens with zero attached hydrogens (tertiary/aromatic N) is 3. The molecule has 1 aliphatic heterocycles. The Kier molecular flexibility index (Phi) is 7.31. The molecule has 1 N–H and O–H groups in total. The highest BCUT2D eigenvalue weighted by molar-refractivity contribution is 6.31. The van der Waals surface area contributed by atoms with Gasteiger partial charge in [0, 0.05) is 35.4 Å². The van der Waals surface area contributed by atoms with E-state index in [0.717, 1.165) is 45.9 Å². The summed E-state index contributed by atoms with van der Waals surface area (Å²) in [5.74, 6) is 0.174. The van der Waals surface area contributed by atoms with Gasteiger partial charge in [-0.1, -0.05) is 60.1 Å². The Balaban J connectivity index is 1.37. The number of piperidine rings is 1. The molecule has 0 bridgehead atoms. The van der Waals surface area contributed by atoms with Gasteiger partial charge in [-0.15, -0.1) is 0 Å². The maximum absolute atomic E-state index is 12.8. The van der Waals surface area contributed by atoms with Crippen molar-refractivity contribution in [1.82, 2.24) is 14.7 Å². The van der Waals surface area contributed by atoms with E-state index in [0.29, 0.717) is 19.6 Å². The summed E-state index contributed by atoms with van der Waals surface area (Å²) < 4.78 is 1.93. The molecular formula is C27H30ClN3O2. The molecule has 2 heterocycles. The van der Waals surface area contributed by atoms with E-state index >= 15 is 0 Å². The molecule has 5 nitrogen and oxygen atoms in total. The number of likely N-dealkylation sites (tertiary alicyclic amines) is 1. The predicted molar refractivity (Wildman–Crippen MR) is 132 cm³/mol. The molecule has 1 atom stereocenters. The van der Waals surface area contributed by atoms with Gasteiger partial charge in [0.05, 0.1) is 18.3 Å². The van der Waals surface area contributed by atoms with Gasteiger partial charge in [0.25, 0.3) is 0 Å². The average Bonchev–Trinajstić information content (AvgIpc) is 3.11. The van der Waals surface area contributed by atoms with Gasteiger partial charge >= 0.3 is 0 Å². The largest absolute Gasteiger partial charge is 0.388 e. The normalized spacial score (nSPS) is 15.8. The Labute approximate surface area is 200 Å². The van der Waals surface area contributed by atoms with Crippen molar-refractivity contribution >= 4 is 23.6 Å². The Bertz CT molecular complexity index is 1130. The number of amides is 1. The number of hydrogen-bond acceptors (Lipinski definition) is 3. The van der Waals surface area contributed by atoms with Gasteiger partial charge in [-0.05, 0) is 55.9 Å². The number of aliphatic hydroxyl groups excluding tert-OH is 1. The van der Waals surface area contributed by atoms with E-state index in [1.54, 1.807) is 6.08 Å². The molecule has 0 spiro atoms. The second kappa shape index (κ2) is 10.4. The predicted octanol–water partition coefficient (Wildman–Crippen LogP) is 5.19. The van der Waals surface area contributed by atoms with Crippen LogP contribution in [0.2, 0.25) is 5.02 Å². The van der Waals surface area contributed by atoms with Crippen LogP contribution in [0.25, 0.3) is 6.08 Å². The van der Waals surface area contributed by atoms with Crippen LogP contribution in [0.1, 0.15) is 47.0 Å². The molecule has 33 heavy (non-hydrogen) atoms. The highest BCUT2D eigenvalue weighted by atomic mass is 35.5. The maximum atomic E-state index is 12.8.